The average molecular weight is 318 g/mol. The standard InChI is InChI=1S/C21H22N2O/c1-15-11-18-12-17(7-8-19(18)23-15)20(24)21(9-10-22-14-21)13-16-5-3-2-4-6-16/h2-8,11-12,22-23H,9-10,13-14H2,1H3. The number of aromatic amines is 1. The lowest BCUT2D eigenvalue weighted by Gasteiger charge is -2.27. The Morgan fingerprint density at radius 1 is 1.12 bits per heavy atom. The molecule has 1 aliphatic heterocycles. The summed E-state index contributed by atoms with van der Waals surface area (Å²) >= 11 is 0. The maximum absolute atomic E-state index is 13.4. The SMILES string of the molecule is Cc1cc2cc(C(=O)C3(Cc4ccccc4)CCNC3)ccc2[nH]1. The molecule has 1 fully saturated rings. The number of hydrogen-bond acceptors (Lipinski definition) is 2. The molecule has 4 rings (SSSR count). The van der Waals surface area contributed by atoms with Gasteiger partial charge in [-0.15, -0.1) is 0 Å². The van der Waals surface area contributed by atoms with E-state index in [2.05, 4.69) is 28.5 Å². The Labute approximate surface area is 142 Å². The Kier molecular flexibility index (Phi) is 3.73. The van der Waals surface area contributed by atoms with Crippen molar-refractivity contribution in [2.75, 3.05) is 13.1 Å². The minimum Gasteiger partial charge on any atom is -0.359 e. The summed E-state index contributed by atoms with van der Waals surface area (Å²) < 4.78 is 0. The predicted octanol–water partition coefficient (Wildman–Crippen LogP) is 3.88. The fraction of sp³-hybridized carbons (Fsp3) is 0.286. The lowest BCUT2D eigenvalue weighted by molar-refractivity contribution is 0.0816. The Bertz CT molecular complexity index is 873. The maximum Gasteiger partial charge on any atom is 0.170 e. The molecule has 3 aromatic rings. The van der Waals surface area contributed by atoms with E-state index in [0.717, 1.165) is 48.1 Å². The van der Waals surface area contributed by atoms with Crippen LogP contribution in [-0.2, 0) is 6.42 Å². The van der Waals surface area contributed by atoms with Crippen LogP contribution < -0.4 is 5.32 Å². The summed E-state index contributed by atoms with van der Waals surface area (Å²) in [4.78, 5) is 16.7. The molecule has 1 aromatic heterocycles. The zero-order valence-electron chi connectivity index (χ0n) is 13.9. The summed E-state index contributed by atoms with van der Waals surface area (Å²) in [6.07, 6.45) is 1.69. The molecule has 1 unspecified atom stereocenters. The molecule has 1 atom stereocenters. The summed E-state index contributed by atoms with van der Waals surface area (Å²) in [5.74, 6) is 0.261. The number of benzene rings is 2. The third kappa shape index (κ3) is 2.65. The van der Waals surface area contributed by atoms with E-state index in [1.165, 1.54) is 5.56 Å². The van der Waals surface area contributed by atoms with E-state index in [4.69, 9.17) is 0 Å². The van der Waals surface area contributed by atoms with Crippen molar-refractivity contribution in [1.82, 2.24) is 10.3 Å². The number of aryl methyl sites for hydroxylation is 1. The zero-order chi connectivity index (χ0) is 16.6. The molecule has 0 spiro atoms. The second-order valence-electron chi connectivity index (χ2n) is 6.95. The van der Waals surface area contributed by atoms with Crippen LogP contribution in [0, 0.1) is 12.3 Å². The van der Waals surface area contributed by atoms with Gasteiger partial charge in [0, 0.05) is 28.7 Å². The fourth-order valence-corrected chi connectivity index (χ4v) is 3.88. The molecule has 24 heavy (non-hydrogen) atoms. The first-order chi connectivity index (χ1) is 11.7. The van der Waals surface area contributed by atoms with E-state index in [-0.39, 0.29) is 11.2 Å². The van der Waals surface area contributed by atoms with Crippen LogP contribution in [0.4, 0.5) is 0 Å². The van der Waals surface area contributed by atoms with Crippen molar-refractivity contribution in [1.29, 1.82) is 0 Å². The highest BCUT2D eigenvalue weighted by Crippen LogP contribution is 2.34. The van der Waals surface area contributed by atoms with E-state index in [0.29, 0.717) is 0 Å². The molecular weight excluding hydrogens is 296 g/mol. The number of carbonyl (C=O) groups excluding carboxylic acids is 1. The highest BCUT2D eigenvalue weighted by molar-refractivity contribution is 6.03. The molecule has 0 amide bonds. The summed E-state index contributed by atoms with van der Waals surface area (Å²) in [6, 6.07) is 18.5. The Hall–Kier alpha value is -2.39. The van der Waals surface area contributed by atoms with Gasteiger partial charge in [0.1, 0.15) is 0 Å². The molecule has 2 aromatic carbocycles. The van der Waals surface area contributed by atoms with Gasteiger partial charge >= 0.3 is 0 Å². The molecule has 3 heteroatoms. The van der Waals surface area contributed by atoms with Crippen LogP contribution in [0.25, 0.3) is 10.9 Å². The summed E-state index contributed by atoms with van der Waals surface area (Å²) in [6.45, 7) is 3.70. The molecule has 2 heterocycles. The first-order valence-electron chi connectivity index (χ1n) is 8.55. The van der Waals surface area contributed by atoms with Gasteiger partial charge in [-0.1, -0.05) is 30.3 Å². The van der Waals surface area contributed by atoms with Crippen LogP contribution >= 0.6 is 0 Å². The van der Waals surface area contributed by atoms with Gasteiger partial charge < -0.3 is 10.3 Å². The van der Waals surface area contributed by atoms with Crippen molar-refractivity contribution in [3.63, 3.8) is 0 Å². The van der Waals surface area contributed by atoms with E-state index in [1.54, 1.807) is 0 Å². The number of fused-ring (bicyclic) bond motifs is 1. The lowest BCUT2D eigenvalue weighted by Crippen LogP contribution is -2.35. The molecule has 1 saturated heterocycles. The van der Waals surface area contributed by atoms with Crippen LogP contribution in [0.15, 0.2) is 54.6 Å². The molecular formula is C21H22N2O. The van der Waals surface area contributed by atoms with Crippen molar-refractivity contribution in [2.45, 2.75) is 19.8 Å². The topological polar surface area (TPSA) is 44.9 Å². The number of nitrogens with one attached hydrogen (secondary N) is 2. The normalized spacial score (nSPS) is 20.5. The molecule has 0 radical (unpaired) electrons. The predicted molar refractivity (Wildman–Crippen MR) is 97.4 cm³/mol. The molecule has 0 bridgehead atoms. The van der Waals surface area contributed by atoms with Crippen LogP contribution in [0.3, 0.4) is 0 Å². The van der Waals surface area contributed by atoms with Crippen molar-refractivity contribution < 1.29 is 4.79 Å². The van der Waals surface area contributed by atoms with Gasteiger partial charge in [-0.25, -0.2) is 0 Å². The van der Waals surface area contributed by atoms with Gasteiger partial charge in [-0.3, -0.25) is 4.79 Å². The van der Waals surface area contributed by atoms with Gasteiger partial charge in [0.2, 0.25) is 0 Å². The van der Waals surface area contributed by atoms with Crippen molar-refractivity contribution in [2.24, 2.45) is 5.41 Å². The van der Waals surface area contributed by atoms with Crippen LogP contribution in [0.2, 0.25) is 0 Å². The molecule has 1 aliphatic rings. The van der Waals surface area contributed by atoms with E-state index < -0.39 is 0 Å². The van der Waals surface area contributed by atoms with E-state index >= 15 is 0 Å². The third-order valence-electron chi connectivity index (χ3n) is 5.13. The Morgan fingerprint density at radius 2 is 1.96 bits per heavy atom. The molecule has 0 aliphatic carbocycles. The summed E-state index contributed by atoms with van der Waals surface area (Å²) in [5, 5.41) is 4.51. The van der Waals surface area contributed by atoms with Crippen LogP contribution in [0.5, 0.6) is 0 Å². The number of rotatable bonds is 4. The number of aromatic nitrogens is 1. The molecule has 0 saturated carbocycles. The van der Waals surface area contributed by atoms with E-state index in [9.17, 15) is 4.79 Å². The maximum atomic E-state index is 13.4. The Morgan fingerprint density at radius 3 is 2.71 bits per heavy atom. The van der Waals surface area contributed by atoms with Crippen LogP contribution in [0.1, 0.15) is 28.0 Å². The zero-order valence-corrected chi connectivity index (χ0v) is 13.9. The second kappa shape index (κ2) is 5.91. The largest absolute Gasteiger partial charge is 0.359 e. The minimum atomic E-state index is -0.333. The smallest absolute Gasteiger partial charge is 0.170 e. The third-order valence-corrected chi connectivity index (χ3v) is 5.13. The van der Waals surface area contributed by atoms with Gasteiger partial charge in [-0.2, -0.15) is 0 Å². The Balaban J connectivity index is 1.70. The number of H-pyrrole nitrogens is 1. The number of Topliss-reactive ketones (excluding diaryl/α,β-unsaturated/α-hetero) is 1. The van der Waals surface area contributed by atoms with Gasteiger partial charge in [0.15, 0.2) is 5.78 Å². The first-order valence-corrected chi connectivity index (χ1v) is 8.55. The molecule has 2 N–H and O–H groups in total. The molecule has 3 nitrogen and oxygen atoms in total. The van der Waals surface area contributed by atoms with Gasteiger partial charge in [0.05, 0.1) is 5.41 Å². The molecule has 122 valence electrons. The highest BCUT2D eigenvalue weighted by atomic mass is 16.1. The first kappa shape index (κ1) is 15.2. The minimum absolute atomic E-state index is 0.261. The highest BCUT2D eigenvalue weighted by Gasteiger charge is 2.41. The summed E-state index contributed by atoms with van der Waals surface area (Å²) in [5.41, 5.74) is 3.93. The van der Waals surface area contributed by atoms with Crippen LogP contribution in [-0.4, -0.2) is 23.9 Å². The van der Waals surface area contributed by atoms with E-state index in [1.807, 2.05) is 43.3 Å². The van der Waals surface area contributed by atoms with Crippen molar-refractivity contribution in [3.05, 3.63) is 71.4 Å². The lowest BCUT2D eigenvalue weighted by atomic mass is 9.74. The van der Waals surface area contributed by atoms with Gasteiger partial charge in [0.25, 0.3) is 0 Å². The number of carbonyl (C=O) groups is 1. The number of hydrogen-bond donors (Lipinski definition) is 2. The quantitative estimate of drug-likeness (QED) is 0.717. The summed E-state index contributed by atoms with van der Waals surface area (Å²) in [7, 11) is 0. The van der Waals surface area contributed by atoms with Crippen molar-refractivity contribution in [3.8, 4) is 0 Å². The average Bonchev–Trinajstić information content (AvgIpc) is 3.20. The monoisotopic (exact) mass is 318 g/mol. The van der Waals surface area contributed by atoms with Gasteiger partial charge in [-0.05, 0) is 56.1 Å². The fourth-order valence-electron chi connectivity index (χ4n) is 3.88. The second-order valence-corrected chi connectivity index (χ2v) is 6.95. The van der Waals surface area contributed by atoms with Crippen molar-refractivity contribution >= 4 is 16.7 Å². The number of ketones is 1.